The van der Waals surface area contributed by atoms with Gasteiger partial charge in [-0.2, -0.15) is 0 Å². The molecule has 0 saturated carbocycles. The number of nitrogen functional groups attached to an aromatic ring is 2. The average Bonchev–Trinajstić information content (AvgIpc) is 2.73. The predicted molar refractivity (Wildman–Crippen MR) is 119 cm³/mol. The van der Waals surface area contributed by atoms with Gasteiger partial charge in [0, 0.05) is 13.1 Å². The summed E-state index contributed by atoms with van der Waals surface area (Å²) in [6.45, 7) is 2.51. The van der Waals surface area contributed by atoms with Gasteiger partial charge in [-0.15, -0.1) is 0 Å². The summed E-state index contributed by atoms with van der Waals surface area (Å²) in [6, 6.07) is 9.48. The van der Waals surface area contributed by atoms with Crippen LogP contribution in [0.15, 0.2) is 36.4 Å². The fourth-order valence-electron chi connectivity index (χ4n) is 3.13. The number of benzene rings is 2. The van der Waals surface area contributed by atoms with Crippen LogP contribution in [0.4, 0.5) is 11.4 Å². The lowest BCUT2D eigenvalue weighted by molar-refractivity contribution is 0.174. The van der Waals surface area contributed by atoms with Crippen LogP contribution in [0.5, 0.6) is 11.5 Å². The van der Waals surface area contributed by atoms with E-state index < -0.39 is 12.2 Å². The van der Waals surface area contributed by atoms with Crippen LogP contribution < -0.4 is 22.1 Å². The number of rotatable bonds is 13. The Kier molecular flexibility index (Phi) is 9.69. The number of aliphatic hydroxyl groups is 2. The Hall–Kier alpha value is -2.52. The minimum atomic E-state index is -0.660. The number of aromatic hydroxyl groups is 2. The summed E-state index contributed by atoms with van der Waals surface area (Å²) in [6.07, 6.45) is 2.86. The fourth-order valence-corrected chi connectivity index (χ4v) is 3.13. The second-order valence-corrected chi connectivity index (χ2v) is 7.49. The zero-order valence-electron chi connectivity index (χ0n) is 17.2. The van der Waals surface area contributed by atoms with E-state index in [9.17, 15) is 20.4 Å². The van der Waals surface area contributed by atoms with Crippen molar-refractivity contribution in [2.24, 2.45) is 0 Å². The van der Waals surface area contributed by atoms with Crippen molar-refractivity contribution in [3.8, 4) is 11.5 Å². The van der Waals surface area contributed by atoms with Gasteiger partial charge in [0.25, 0.3) is 0 Å². The summed E-state index contributed by atoms with van der Waals surface area (Å²) < 4.78 is 0. The van der Waals surface area contributed by atoms with Crippen molar-refractivity contribution < 1.29 is 20.4 Å². The summed E-state index contributed by atoms with van der Waals surface area (Å²) in [7, 11) is 0. The molecule has 2 unspecified atom stereocenters. The molecule has 0 aliphatic rings. The Bertz CT molecular complexity index is 722. The number of nitrogens with one attached hydrogen (secondary N) is 2. The fraction of sp³-hybridized carbons (Fsp3) is 0.455. The van der Waals surface area contributed by atoms with Crippen LogP contribution >= 0.6 is 0 Å². The highest BCUT2D eigenvalue weighted by Crippen LogP contribution is 2.24. The second kappa shape index (κ2) is 12.2. The van der Waals surface area contributed by atoms with Crippen LogP contribution in [0.1, 0.15) is 49.0 Å². The number of hydrogen-bond donors (Lipinski definition) is 8. The van der Waals surface area contributed by atoms with E-state index in [0.29, 0.717) is 24.2 Å². The maximum Gasteiger partial charge on any atom is 0.138 e. The first kappa shape index (κ1) is 23.8. The van der Waals surface area contributed by atoms with Crippen LogP contribution in [0.25, 0.3) is 0 Å². The van der Waals surface area contributed by atoms with Gasteiger partial charge >= 0.3 is 0 Å². The monoisotopic (exact) mass is 418 g/mol. The SMILES string of the molecule is Nc1cc(C(O)CNCCCCCCNCC(O)c2ccc(O)c(N)c2)ccc1O. The summed E-state index contributed by atoms with van der Waals surface area (Å²) in [5.74, 6) is 0.0425. The van der Waals surface area contributed by atoms with Crippen LogP contribution in [-0.4, -0.2) is 46.6 Å². The van der Waals surface area contributed by atoms with E-state index in [-0.39, 0.29) is 22.9 Å². The van der Waals surface area contributed by atoms with E-state index >= 15 is 0 Å². The Labute approximate surface area is 177 Å². The molecule has 8 heteroatoms. The van der Waals surface area contributed by atoms with Crippen LogP contribution in [0.2, 0.25) is 0 Å². The third-order valence-electron chi connectivity index (χ3n) is 5.01. The van der Waals surface area contributed by atoms with Crippen molar-refractivity contribution in [3.05, 3.63) is 47.5 Å². The number of phenolic OH excluding ortho intramolecular Hbond substituents is 2. The van der Waals surface area contributed by atoms with Crippen molar-refractivity contribution >= 4 is 11.4 Å². The normalized spacial score (nSPS) is 13.3. The van der Waals surface area contributed by atoms with Gasteiger partial charge in [-0.25, -0.2) is 0 Å². The van der Waals surface area contributed by atoms with Crippen molar-refractivity contribution in [2.45, 2.75) is 37.9 Å². The van der Waals surface area contributed by atoms with E-state index in [1.165, 1.54) is 12.1 Å². The quantitative estimate of drug-likeness (QED) is 0.139. The molecule has 166 valence electrons. The summed E-state index contributed by atoms with van der Waals surface area (Å²) in [4.78, 5) is 0. The van der Waals surface area contributed by atoms with Gasteiger partial charge in [0.05, 0.1) is 23.6 Å². The number of anilines is 2. The largest absolute Gasteiger partial charge is 0.506 e. The van der Waals surface area contributed by atoms with Gasteiger partial charge in [-0.3, -0.25) is 0 Å². The van der Waals surface area contributed by atoms with Gasteiger partial charge in [0.15, 0.2) is 0 Å². The van der Waals surface area contributed by atoms with Crippen LogP contribution in [0, 0.1) is 0 Å². The lowest BCUT2D eigenvalue weighted by Crippen LogP contribution is -2.23. The lowest BCUT2D eigenvalue weighted by Gasteiger charge is -2.14. The smallest absolute Gasteiger partial charge is 0.138 e. The third kappa shape index (κ3) is 7.72. The van der Waals surface area contributed by atoms with Gasteiger partial charge in [0.2, 0.25) is 0 Å². The predicted octanol–water partition coefficient (Wildman–Crippen LogP) is 1.77. The molecule has 0 bridgehead atoms. The topological polar surface area (TPSA) is 157 Å². The molecule has 0 aliphatic carbocycles. The molecule has 0 aliphatic heterocycles. The molecule has 2 aromatic rings. The Morgan fingerprint density at radius 2 is 1.07 bits per heavy atom. The minimum Gasteiger partial charge on any atom is -0.506 e. The van der Waals surface area contributed by atoms with E-state index in [4.69, 9.17) is 11.5 Å². The van der Waals surface area contributed by atoms with Crippen molar-refractivity contribution in [1.29, 1.82) is 0 Å². The Morgan fingerprint density at radius 3 is 1.43 bits per heavy atom. The molecule has 30 heavy (non-hydrogen) atoms. The molecule has 0 heterocycles. The van der Waals surface area contributed by atoms with E-state index in [1.54, 1.807) is 24.3 Å². The maximum absolute atomic E-state index is 10.1. The zero-order chi connectivity index (χ0) is 21.9. The molecule has 2 rings (SSSR count). The van der Waals surface area contributed by atoms with Gasteiger partial charge in [-0.05, 0) is 61.3 Å². The van der Waals surface area contributed by atoms with Gasteiger partial charge in [0.1, 0.15) is 11.5 Å². The molecule has 2 atom stereocenters. The van der Waals surface area contributed by atoms with Crippen LogP contribution in [-0.2, 0) is 0 Å². The van der Waals surface area contributed by atoms with Crippen LogP contribution in [0.3, 0.4) is 0 Å². The first-order valence-electron chi connectivity index (χ1n) is 10.3. The molecule has 0 fully saturated rings. The maximum atomic E-state index is 10.1. The van der Waals surface area contributed by atoms with Crippen molar-refractivity contribution in [1.82, 2.24) is 10.6 Å². The van der Waals surface area contributed by atoms with Gasteiger partial charge in [-0.1, -0.05) is 25.0 Å². The number of nitrogens with two attached hydrogens (primary N) is 2. The molecule has 0 saturated heterocycles. The number of phenols is 2. The minimum absolute atomic E-state index is 0.0213. The number of hydrogen-bond acceptors (Lipinski definition) is 8. The molecule has 0 radical (unpaired) electrons. The second-order valence-electron chi connectivity index (χ2n) is 7.49. The van der Waals surface area contributed by atoms with Crippen molar-refractivity contribution in [3.63, 3.8) is 0 Å². The average molecular weight is 419 g/mol. The van der Waals surface area contributed by atoms with E-state index in [2.05, 4.69) is 10.6 Å². The molecular formula is C22H34N4O4. The third-order valence-corrected chi connectivity index (χ3v) is 5.01. The van der Waals surface area contributed by atoms with Crippen molar-refractivity contribution in [2.75, 3.05) is 37.6 Å². The van der Waals surface area contributed by atoms with E-state index in [0.717, 1.165) is 38.8 Å². The standard InChI is InChI=1S/C22H34N4O4/c23-17-11-15(5-7-19(17)27)21(29)13-25-9-3-1-2-4-10-26-14-22(30)16-6-8-20(28)18(24)12-16/h5-8,11-12,21-22,25-30H,1-4,9-10,13-14,23-24H2. The molecule has 10 N–H and O–H groups in total. The molecule has 0 spiro atoms. The zero-order valence-corrected chi connectivity index (χ0v) is 17.2. The Balaban J connectivity index is 1.48. The lowest BCUT2D eigenvalue weighted by atomic mass is 10.1. The first-order valence-corrected chi connectivity index (χ1v) is 10.3. The molecule has 8 nitrogen and oxygen atoms in total. The highest BCUT2D eigenvalue weighted by molar-refractivity contribution is 5.54. The number of aliphatic hydroxyl groups excluding tert-OH is 2. The summed E-state index contributed by atoms with van der Waals surface area (Å²) in [5.41, 5.74) is 13.2. The van der Waals surface area contributed by atoms with E-state index in [1.807, 2.05) is 0 Å². The first-order chi connectivity index (χ1) is 14.4. The van der Waals surface area contributed by atoms with Gasteiger partial charge < -0.3 is 42.5 Å². The molecular weight excluding hydrogens is 384 g/mol. The summed E-state index contributed by atoms with van der Waals surface area (Å²) >= 11 is 0. The molecule has 0 aromatic heterocycles. The highest BCUT2D eigenvalue weighted by atomic mass is 16.3. The molecule has 0 amide bonds. The summed E-state index contributed by atoms with van der Waals surface area (Å²) in [5, 5.41) is 45.6. The molecule has 2 aromatic carbocycles. The number of unbranched alkanes of at least 4 members (excludes halogenated alkanes) is 3. The Morgan fingerprint density at radius 1 is 0.667 bits per heavy atom. The highest BCUT2D eigenvalue weighted by Gasteiger charge is 2.10.